The van der Waals surface area contributed by atoms with Crippen LogP contribution in [0.25, 0.3) is 0 Å². The summed E-state index contributed by atoms with van der Waals surface area (Å²) in [6, 6.07) is 7.11. The van der Waals surface area contributed by atoms with Gasteiger partial charge >= 0.3 is 0 Å². The van der Waals surface area contributed by atoms with Crippen molar-refractivity contribution in [2.75, 3.05) is 7.11 Å². The molecular formula is C12H17NO. The van der Waals surface area contributed by atoms with Gasteiger partial charge in [-0.2, -0.15) is 0 Å². The number of ether oxygens (including phenoxy) is 1. The zero-order valence-corrected chi connectivity index (χ0v) is 8.84. The summed E-state index contributed by atoms with van der Waals surface area (Å²) in [5, 5.41) is 3.49. The average molecular weight is 191 g/mol. The van der Waals surface area contributed by atoms with Crippen molar-refractivity contribution in [1.82, 2.24) is 5.32 Å². The van der Waals surface area contributed by atoms with E-state index in [1.807, 2.05) is 0 Å². The molecule has 1 aliphatic carbocycles. The van der Waals surface area contributed by atoms with Crippen LogP contribution in [-0.2, 0) is 6.54 Å². The van der Waals surface area contributed by atoms with Crippen LogP contribution in [0.5, 0.6) is 5.75 Å². The van der Waals surface area contributed by atoms with Crippen LogP contribution in [0.2, 0.25) is 0 Å². The van der Waals surface area contributed by atoms with Crippen LogP contribution in [0.1, 0.15) is 24.0 Å². The lowest BCUT2D eigenvalue weighted by Gasteiger charge is -2.09. The quantitative estimate of drug-likeness (QED) is 0.788. The zero-order chi connectivity index (χ0) is 9.97. The van der Waals surface area contributed by atoms with E-state index in [4.69, 9.17) is 4.74 Å². The Labute approximate surface area is 85.3 Å². The van der Waals surface area contributed by atoms with Crippen molar-refractivity contribution in [2.45, 2.75) is 32.4 Å². The Kier molecular flexibility index (Phi) is 2.73. The molecule has 1 fully saturated rings. The van der Waals surface area contributed by atoms with Gasteiger partial charge in [-0.15, -0.1) is 0 Å². The maximum absolute atomic E-state index is 5.34. The molecule has 0 aliphatic heterocycles. The molecule has 14 heavy (non-hydrogen) atoms. The van der Waals surface area contributed by atoms with E-state index in [-0.39, 0.29) is 0 Å². The highest BCUT2D eigenvalue weighted by Gasteiger charge is 2.20. The fraction of sp³-hybridized carbons (Fsp3) is 0.500. The van der Waals surface area contributed by atoms with Crippen LogP contribution in [0.3, 0.4) is 0 Å². The van der Waals surface area contributed by atoms with Crippen LogP contribution in [0.15, 0.2) is 18.2 Å². The Morgan fingerprint density at radius 3 is 2.86 bits per heavy atom. The van der Waals surface area contributed by atoms with E-state index in [2.05, 4.69) is 30.4 Å². The molecule has 0 amide bonds. The molecule has 0 bridgehead atoms. The molecule has 1 aromatic carbocycles. The van der Waals surface area contributed by atoms with Gasteiger partial charge in [-0.05, 0) is 31.4 Å². The zero-order valence-electron chi connectivity index (χ0n) is 8.84. The normalized spacial score (nSPS) is 15.6. The van der Waals surface area contributed by atoms with Crippen LogP contribution >= 0.6 is 0 Å². The summed E-state index contributed by atoms with van der Waals surface area (Å²) < 4.78 is 5.34. The number of hydrogen-bond donors (Lipinski definition) is 1. The summed E-state index contributed by atoms with van der Waals surface area (Å²) in [5.74, 6) is 0.998. The summed E-state index contributed by atoms with van der Waals surface area (Å²) >= 11 is 0. The van der Waals surface area contributed by atoms with E-state index in [0.717, 1.165) is 18.3 Å². The molecule has 0 aromatic heterocycles. The maximum Gasteiger partial charge on any atom is 0.123 e. The predicted molar refractivity (Wildman–Crippen MR) is 57.6 cm³/mol. The number of methoxy groups -OCH3 is 1. The van der Waals surface area contributed by atoms with Gasteiger partial charge < -0.3 is 10.1 Å². The lowest BCUT2D eigenvalue weighted by atomic mass is 10.1. The molecule has 2 rings (SSSR count). The topological polar surface area (TPSA) is 21.3 Å². The first kappa shape index (κ1) is 9.53. The first-order chi connectivity index (χ1) is 6.79. The summed E-state index contributed by atoms with van der Waals surface area (Å²) in [4.78, 5) is 0. The standard InChI is InChI=1S/C12H17NO/c1-9-3-4-10(12(7-9)14-2)8-13-11-5-6-11/h3-4,7,11,13H,5-6,8H2,1-2H3. The Hall–Kier alpha value is -1.02. The minimum Gasteiger partial charge on any atom is -0.496 e. The van der Waals surface area contributed by atoms with Crippen molar-refractivity contribution in [3.63, 3.8) is 0 Å². The third kappa shape index (κ3) is 2.26. The van der Waals surface area contributed by atoms with Crippen molar-refractivity contribution in [1.29, 1.82) is 0 Å². The second-order valence-electron chi connectivity index (χ2n) is 3.97. The molecule has 1 aromatic rings. The van der Waals surface area contributed by atoms with Gasteiger partial charge in [0.2, 0.25) is 0 Å². The van der Waals surface area contributed by atoms with Gasteiger partial charge in [-0.25, -0.2) is 0 Å². The van der Waals surface area contributed by atoms with E-state index in [9.17, 15) is 0 Å². The van der Waals surface area contributed by atoms with Gasteiger partial charge in [0.25, 0.3) is 0 Å². The minimum absolute atomic E-state index is 0.751. The lowest BCUT2D eigenvalue weighted by Crippen LogP contribution is -2.15. The van der Waals surface area contributed by atoms with Gasteiger partial charge in [0.1, 0.15) is 5.75 Å². The smallest absolute Gasteiger partial charge is 0.123 e. The number of aryl methyl sites for hydroxylation is 1. The summed E-state index contributed by atoms with van der Waals surface area (Å²) in [6.07, 6.45) is 2.66. The molecule has 0 atom stereocenters. The first-order valence-electron chi connectivity index (χ1n) is 5.16. The third-order valence-electron chi connectivity index (χ3n) is 2.60. The number of benzene rings is 1. The Morgan fingerprint density at radius 2 is 2.21 bits per heavy atom. The van der Waals surface area contributed by atoms with Crippen molar-refractivity contribution in [3.05, 3.63) is 29.3 Å². The van der Waals surface area contributed by atoms with E-state index in [1.54, 1.807) is 7.11 Å². The highest BCUT2D eigenvalue weighted by Crippen LogP contribution is 2.23. The van der Waals surface area contributed by atoms with Crippen LogP contribution < -0.4 is 10.1 Å². The second-order valence-corrected chi connectivity index (χ2v) is 3.97. The van der Waals surface area contributed by atoms with Gasteiger partial charge in [-0.1, -0.05) is 12.1 Å². The van der Waals surface area contributed by atoms with Gasteiger partial charge in [0, 0.05) is 18.2 Å². The van der Waals surface area contributed by atoms with Gasteiger partial charge in [0.15, 0.2) is 0 Å². The molecule has 0 heterocycles. The van der Waals surface area contributed by atoms with Crippen molar-refractivity contribution in [3.8, 4) is 5.75 Å². The number of rotatable bonds is 4. The third-order valence-corrected chi connectivity index (χ3v) is 2.60. The van der Waals surface area contributed by atoms with E-state index in [1.165, 1.54) is 24.0 Å². The SMILES string of the molecule is COc1cc(C)ccc1CNC1CC1. The molecule has 1 N–H and O–H groups in total. The molecule has 0 spiro atoms. The molecule has 76 valence electrons. The van der Waals surface area contributed by atoms with Crippen LogP contribution in [0.4, 0.5) is 0 Å². The van der Waals surface area contributed by atoms with Crippen LogP contribution in [-0.4, -0.2) is 13.2 Å². The van der Waals surface area contributed by atoms with Gasteiger partial charge in [-0.3, -0.25) is 0 Å². The summed E-state index contributed by atoms with van der Waals surface area (Å²) in [6.45, 7) is 3.01. The van der Waals surface area contributed by atoms with Crippen molar-refractivity contribution >= 4 is 0 Å². The lowest BCUT2D eigenvalue weighted by molar-refractivity contribution is 0.407. The molecule has 0 radical (unpaired) electrons. The minimum atomic E-state index is 0.751. The largest absolute Gasteiger partial charge is 0.496 e. The Balaban J connectivity index is 2.05. The predicted octanol–water partition coefficient (Wildman–Crippen LogP) is 2.26. The molecule has 0 saturated heterocycles. The highest BCUT2D eigenvalue weighted by atomic mass is 16.5. The second kappa shape index (κ2) is 4.01. The summed E-state index contributed by atoms with van der Waals surface area (Å²) in [5.41, 5.74) is 2.50. The summed E-state index contributed by atoms with van der Waals surface area (Å²) in [7, 11) is 1.73. The molecule has 1 aliphatic rings. The van der Waals surface area contributed by atoms with E-state index < -0.39 is 0 Å². The Morgan fingerprint density at radius 1 is 1.43 bits per heavy atom. The Bertz CT molecular complexity index is 318. The average Bonchev–Trinajstić information content (AvgIpc) is 2.99. The highest BCUT2D eigenvalue weighted by molar-refractivity contribution is 5.37. The fourth-order valence-electron chi connectivity index (χ4n) is 1.54. The molecule has 2 heteroatoms. The monoisotopic (exact) mass is 191 g/mol. The van der Waals surface area contributed by atoms with Crippen molar-refractivity contribution in [2.24, 2.45) is 0 Å². The molecule has 2 nitrogen and oxygen atoms in total. The number of hydrogen-bond acceptors (Lipinski definition) is 2. The van der Waals surface area contributed by atoms with Gasteiger partial charge in [0.05, 0.1) is 7.11 Å². The molecule has 0 unspecified atom stereocenters. The fourth-order valence-corrected chi connectivity index (χ4v) is 1.54. The molecular weight excluding hydrogens is 174 g/mol. The maximum atomic E-state index is 5.34. The van der Waals surface area contributed by atoms with E-state index >= 15 is 0 Å². The van der Waals surface area contributed by atoms with Crippen molar-refractivity contribution < 1.29 is 4.74 Å². The number of nitrogens with one attached hydrogen (secondary N) is 1. The first-order valence-corrected chi connectivity index (χ1v) is 5.16. The molecule has 1 saturated carbocycles. The van der Waals surface area contributed by atoms with E-state index in [0.29, 0.717) is 0 Å². The van der Waals surface area contributed by atoms with Crippen LogP contribution in [0, 0.1) is 6.92 Å².